The summed E-state index contributed by atoms with van der Waals surface area (Å²) in [6.45, 7) is 1.28. The van der Waals surface area contributed by atoms with Crippen LogP contribution in [0.15, 0.2) is 12.1 Å². The average molecular weight is 231 g/mol. The lowest BCUT2D eigenvalue weighted by molar-refractivity contribution is 0.206. The van der Waals surface area contributed by atoms with E-state index < -0.39 is 17.2 Å². The van der Waals surface area contributed by atoms with E-state index in [1.807, 2.05) is 0 Å². The van der Waals surface area contributed by atoms with Gasteiger partial charge in [-0.25, -0.2) is 8.78 Å². The van der Waals surface area contributed by atoms with Crippen molar-refractivity contribution in [1.82, 2.24) is 0 Å². The standard InChI is InChI=1S/C11H15F2NO2/c1-11(14,6-15)5-8-9(13)3-7(12)4-10(8)16-2/h3-4,15H,5-6,14H2,1-2H3. The topological polar surface area (TPSA) is 55.5 Å². The number of methoxy groups -OCH3 is 1. The molecule has 1 aromatic carbocycles. The second-order valence-corrected chi connectivity index (χ2v) is 4.06. The molecule has 0 heterocycles. The van der Waals surface area contributed by atoms with E-state index in [1.165, 1.54) is 7.11 Å². The molecule has 3 N–H and O–H groups in total. The Morgan fingerprint density at radius 3 is 2.56 bits per heavy atom. The highest BCUT2D eigenvalue weighted by Gasteiger charge is 2.23. The van der Waals surface area contributed by atoms with Crippen molar-refractivity contribution >= 4 is 0 Å². The van der Waals surface area contributed by atoms with Gasteiger partial charge in [0.25, 0.3) is 0 Å². The van der Waals surface area contributed by atoms with Gasteiger partial charge in [0, 0.05) is 23.2 Å². The summed E-state index contributed by atoms with van der Waals surface area (Å²) in [7, 11) is 1.32. The molecule has 0 saturated carbocycles. The Morgan fingerprint density at radius 2 is 2.06 bits per heavy atom. The number of aliphatic hydroxyl groups is 1. The summed E-state index contributed by atoms with van der Waals surface area (Å²) in [5, 5.41) is 9.00. The van der Waals surface area contributed by atoms with Crippen LogP contribution in [0.5, 0.6) is 5.75 Å². The molecule has 1 unspecified atom stereocenters. The molecule has 0 aliphatic carbocycles. The summed E-state index contributed by atoms with van der Waals surface area (Å²) in [5.41, 5.74) is 4.92. The lowest BCUT2D eigenvalue weighted by Gasteiger charge is -2.23. The maximum atomic E-state index is 13.5. The van der Waals surface area contributed by atoms with Crippen LogP contribution in [0, 0.1) is 11.6 Å². The first kappa shape index (κ1) is 12.9. The number of ether oxygens (including phenoxy) is 1. The molecule has 0 bridgehead atoms. The second kappa shape index (κ2) is 4.76. The molecule has 0 aliphatic rings. The average Bonchev–Trinajstić information content (AvgIpc) is 2.21. The number of aliphatic hydroxyl groups excluding tert-OH is 1. The number of benzene rings is 1. The minimum absolute atomic E-state index is 0.0682. The van der Waals surface area contributed by atoms with Gasteiger partial charge in [0.05, 0.1) is 13.7 Å². The van der Waals surface area contributed by atoms with Gasteiger partial charge in [-0.1, -0.05) is 0 Å². The molecule has 3 nitrogen and oxygen atoms in total. The molecular weight excluding hydrogens is 216 g/mol. The van der Waals surface area contributed by atoms with E-state index in [4.69, 9.17) is 15.6 Å². The minimum Gasteiger partial charge on any atom is -0.496 e. The van der Waals surface area contributed by atoms with E-state index in [9.17, 15) is 8.78 Å². The van der Waals surface area contributed by atoms with Crippen LogP contribution in [0.4, 0.5) is 8.78 Å². The summed E-state index contributed by atoms with van der Waals surface area (Å²) in [6, 6.07) is 1.86. The molecular formula is C11H15F2NO2. The first-order chi connectivity index (χ1) is 7.39. The molecule has 0 spiro atoms. The summed E-state index contributed by atoms with van der Waals surface area (Å²) >= 11 is 0. The maximum Gasteiger partial charge on any atom is 0.133 e. The molecule has 0 saturated heterocycles. The molecule has 0 aromatic heterocycles. The molecule has 0 radical (unpaired) electrons. The van der Waals surface area contributed by atoms with Crippen LogP contribution in [0.2, 0.25) is 0 Å². The first-order valence-electron chi connectivity index (χ1n) is 4.81. The highest BCUT2D eigenvalue weighted by molar-refractivity contribution is 5.36. The lowest BCUT2D eigenvalue weighted by Crippen LogP contribution is -2.42. The zero-order chi connectivity index (χ0) is 12.3. The Kier molecular flexibility index (Phi) is 3.83. The van der Waals surface area contributed by atoms with Crippen LogP contribution < -0.4 is 10.5 Å². The van der Waals surface area contributed by atoms with Crippen LogP contribution in [0.1, 0.15) is 12.5 Å². The van der Waals surface area contributed by atoms with Gasteiger partial charge in [-0.2, -0.15) is 0 Å². The van der Waals surface area contributed by atoms with Gasteiger partial charge < -0.3 is 15.6 Å². The van der Waals surface area contributed by atoms with E-state index in [0.717, 1.165) is 12.1 Å². The van der Waals surface area contributed by atoms with Crippen molar-refractivity contribution in [3.8, 4) is 5.75 Å². The maximum absolute atomic E-state index is 13.5. The molecule has 1 rings (SSSR count). The zero-order valence-electron chi connectivity index (χ0n) is 9.26. The summed E-state index contributed by atoms with van der Waals surface area (Å²) in [4.78, 5) is 0. The van der Waals surface area contributed by atoms with Crippen molar-refractivity contribution in [3.63, 3.8) is 0 Å². The lowest BCUT2D eigenvalue weighted by atomic mass is 9.94. The Labute approximate surface area is 92.8 Å². The predicted octanol–water partition coefficient (Wildman–Crippen LogP) is 1.23. The van der Waals surface area contributed by atoms with E-state index in [2.05, 4.69) is 0 Å². The molecule has 0 amide bonds. The number of hydrogen-bond acceptors (Lipinski definition) is 3. The third-order valence-electron chi connectivity index (χ3n) is 2.28. The van der Waals surface area contributed by atoms with Crippen molar-refractivity contribution in [3.05, 3.63) is 29.3 Å². The normalized spacial score (nSPS) is 14.6. The Hall–Kier alpha value is -1.20. The van der Waals surface area contributed by atoms with Gasteiger partial charge in [-0.3, -0.25) is 0 Å². The molecule has 0 fully saturated rings. The van der Waals surface area contributed by atoms with Crippen LogP contribution >= 0.6 is 0 Å². The van der Waals surface area contributed by atoms with Crippen molar-refractivity contribution in [2.75, 3.05) is 13.7 Å². The van der Waals surface area contributed by atoms with Crippen molar-refractivity contribution in [2.45, 2.75) is 18.9 Å². The number of halogens is 2. The third kappa shape index (κ3) is 2.90. The monoisotopic (exact) mass is 231 g/mol. The smallest absolute Gasteiger partial charge is 0.133 e. The molecule has 5 heteroatoms. The number of hydrogen-bond donors (Lipinski definition) is 2. The van der Waals surface area contributed by atoms with Crippen molar-refractivity contribution < 1.29 is 18.6 Å². The molecule has 16 heavy (non-hydrogen) atoms. The van der Waals surface area contributed by atoms with Gasteiger partial charge >= 0.3 is 0 Å². The number of rotatable bonds is 4. The van der Waals surface area contributed by atoms with Crippen LogP contribution in [0.3, 0.4) is 0 Å². The Bertz CT molecular complexity index is 380. The third-order valence-corrected chi connectivity index (χ3v) is 2.28. The summed E-state index contributed by atoms with van der Waals surface area (Å²) in [5.74, 6) is -1.33. The van der Waals surface area contributed by atoms with Crippen molar-refractivity contribution in [2.24, 2.45) is 5.73 Å². The fourth-order valence-corrected chi connectivity index (χ4v) is 1.39. The quantitative estimate of drug-likeness (QED) is 0.819. The largest absolute Gasteiger partial charge is 0.496 e. The van der Waals surface area contributed by atoms with Gasteiger partial charge in [0.1, 0.15) is 17.4 Å². The zero-order valence-corrected chi connectivity index (χ0v) is 9.26. The predicted molar refractivity (Wildman–Crippen MR) is 56.3 cm³/mol. The molecule has 1 atom stereocenters. The minimum atomic E-state index is -0.966. The Morgan fingerprint density at radius 1 is 1.44 bits per heavy atom. The molecule has 1 aromatic rings. The van der Waals surface area contributed by atoms with Crippen LogP contribution in [-0.2, 0) is 6.42 Å². The van der Waals surface area contributed by atoms with Gasteiger partial charge in [0.2, 0.25) is 0 Å². The molecule has 0 aliphatic heterocycles. The SMILES string of the molecule is COc1cc(F)cc(F)c1CC(C)(N)CO. The fraction of sp³-hybridized carbons (Fsp3) is 0.455. The highest BCUT2D eigenvalue weighted by atomic mass is 19.1. The fourth-order valence-electron chi connectivity index (χ4n) is 1.39. The Balaban J connectivity index is 3.12. The molecule has 90 valence electrons. The van der Waals surface area contributed by atoms with E-state index in [-0.39, 0.29) is 24.3 Å². The number of nitrogens with two attached hydrogens (primary N) is 1. The van der Waals surface area contributed by atoms with Crippen LogP contribution in [0.25, 0.3) is 0 Å². The summed E-state index contributed by atoms with van der Waals surface area (Å²) < 4.78 is 31.3. The van der Waals surface area contributed by atoms with Crippen molar-refractivity contribution in [1.29, 1.82) is 0 Å². The van der Waals surface area contributed by atoms with Gasteiger partial charge in [-0.05, 0) is 13.3 Å². The first-order valence-corrected chi connectivity index (χ1v) is 4.81. The van der Waals surface area contributed by atoms with Gasteiger partial charge in [0.15, 0.2) is 0 Å². The highest BCUT2D eigenvalue weighted by Crippen LogP contribution is 2.26. The second-order valence-electron chi connectivity index (χ2n) is 4.06. The van der Waals surface area contributed by atoms with Crippen LogP contribution in [-0.4, -0.2) is 24.4 Å². The summed E-state index contributed by atoms with van der Waals surface area (Å²) in [6.07, 6.45) is 0.0682. The van der Waals surface area contributed by atoms with E-state index >= 15 is 0 Å². The van der Waals surface area contributed by atoms with Gasteiger partial charge in [-0.15, -0.1) is 0 Å². The van der Waals surface area contributed by atoms with E-state index in [1.54, 1.807) is 6.92 Å². The van der Waals surface area contributed by atoms with E-state index in [0.29, 0.717) is 0 Å².